The number of hydrogen-bond acceptors (Lipinski definition) is 1. The molecule has 0 amide bonds. The second-order valence-corrected chi connectivity index (χ2v) is 12.1. The monoisotopic (exact) mass is 266 g/mol. The highest BCUT2D eigenvalue weighted by atomic mass is 28.3. The van der Waals surface area contributed by atoms with Crippen LogP contribution in [0.3, 0.4) is 0 Å². The van der Waals surface area contributed by atoms with E-state index < -0.39 is 8.07 Å². The summed E-state index contributed by atoms with van der Waals surface area (Å²) in [6.07, 6.45) is 1.10. The summed E-state index contributed by atoms with van der Waals surface area (Å²) in [5, 5.41) is 1.49. The van der Waals surface area contributed by atoms with E-state index in [1.165, 1.54) is 5.19 Å². The molecule has 0 spiro atoms. The topological polar surface area (TPSA) is 9.23 Å². The van der Waals surface area contributed by atoms with Crippen LogP contribution in [0.25, 0.3) is 0 Å². The predicted molar refractivity (Wildman–Crippen MR) is 82.4 cm³/mol. The number of ether oxygens (including phenoxy) is 1. The molecule has 0 bridgehead atoms. The average molecular weight is 266 g/mol. The predicted octanol–water partition coefficient (Wildman–Crippen LogP) is 2.71. The lowest BCUT2D eigenvalue weighted by molar-refractivity contribution is -0.870. The van der Waals surface area contributed by atoms with E-state index >= 15 is 0 Å². The highest BCUT2D eigenvalue weighted by molar-refractivity contribution is 6.88. The van der Waals surface area contributed by atoms with E-state index in [9.17, 15) is 0 Å². The van der Waals surface area contributed by atoms with Crippen molar-refractivity contribution in [3.8, 4) is 5.75 Å². The molecule has 0 saturated heterocycles. The van der Waals surface area contributed by atoms with Crippen molar-refractivity contribution < 1.29 is 9.22 Å². The van der Waals surface area contributed by atoms with Crippen molar-refractivity contribution in [1.29, 1.82) is 0 Å². The fraction of sp³-hybridized carbons (Fsp3) is 0.600. The van der Waals surface area contributed by atoms with E-state index in [-0.39, 0.29) is 0 Å². The molecule has 0 aliphatic carbocycles. The first-order valence-electron chi connectivity index (χ1n) is 6.72. The summed E-state index contributed by atoms with van der Waals surface area (Å²) in [5.74, 6) is 0.999. The molecule has 0 aromatic heterocycles. The molecule has 0 aliphatic rings. The van der Waals surface area contributed by atoms with Gasteiger partial charge >= 0.3 is 0 Å². The van der Waals surface area contributed by atoms with Gasteiger partial charge < -0.3 is 9.22 Å². The molecule has 0 aliphatic heterocycles. The van der Waals surface area contributed by atoms with Gasteiger partial charge in [-0.05, 0) is 12.1 Å². The van der Waals surface area contributed by atoms with Crippen molar-refractivity contribution in [2.24, 2.45) is 0 Å². The van der Waals surface area contributed by atoms with E-state index in [4.69, 9.17) is 4.74 Å². The third kappa shape index (κ3) is 5.69. The summed E-state index contributed by atoms with van der Waals surface area (Å²) in [5.41, 5.74) is 0. The molecule has 102 valence electrons. The fourth-order valence-electron chi connectivity index (χ4n) is 1.78. The number of hydrogen-bond donors (Lipinski definition) is 0. The van der Waals surface area contributed by atoms with Crippen LogP contribution in [0.4, 0.5) is 0 Å². The van der Waals surface area contributed by atoms with Gasteiger partial charge in [-0.15, -0.1) is 0 Å². The zero-order chi connectivity index (χ0) is 13.8. The van der Waals surface area contributed by atoms with Gasteiger partial charge in [-0.1, -0.05) is 37.0 Å². The molecule has 0 radical (unpaired) electrons. The van der Waals surface area contributed by atoms with Gasteiger partial charge in [-0.2, -0.15) is 0 Å². The Labute approximate surface area is 113 Å². The molecule has 1 rings (SSSR count). The lowest BCUT2D eigenvalue weighted by atomic mass is 10.3. The Morgan fingerprint density at radius 3 is 2.00 bits per heavy atom. The van der Waals surface area contributed by atoms with Crippen molar-refractivity contribution in [3.05, 3.63) is 24.3 Å². The van der Waals surface area contributed by atoms with Crippen molar-refractivity contribution in [1.82, 2.24) is 0 Å². The average Bonchev–Trinajstić information content (AvgIpc) is 2.22. The van der Waals surface area contributed by atoms with Gasteiger partial charge in [-0.3, -0.25) is 0 Å². The van der Waals surface area contributed by atoms with Gasteiger partial charge in [0.2, 0.25) is 0 Å². The molecular weight excluding hydrogens is 238 g/mol. The third-order valence-corrected chi connectivity index (χ3v) is 5.03. The molecule has 0 heterocycles. The van der Waals surface area contributed by atoms with Crippen LogP contribution in [0.15, 0.2) is 24.3 Å². The highest BCUT2D eigenvalue weighted by Crippen LogP contribution is 2.11. The first-order chi connectivity index (χ1) is 8.18. The largest absolute Gasteiger partial charge is 0.493 e. The van der Waals surface area contributed by atoms with Crippen molar-refractivity contribution >= 4 is 13.3 Å². The van der Waals surface area contributed by atoms with E-state index in [0.717, 1.165) is 29.8 Å². The summed E-state index contributed by atoms with van der Waals surface area (Å²) in [7, 11) is 5.46. The van der Waals surface area contributed by atoms with Gasteiger partial charge in [0.1, 0.15) is 5.75 Å². The van der Waals surface area contributed by atoms with Gasteiger partial charge in [0, 0.05) is 6.42 Å². The van der Waals surface area contributed by atoms with E-state index in [1.807, 2.05) is 0 Å². The van der Waals surface area contributed by atoms with Gasteiger partial charge in [0.15, 0.2) is 0 Å². The van der Waals surface area contributed by atoms with Crippen molar-refractivity contribution in [3.63, 3.8) is 0 Å². The minimum atomic E-state index is -1.18. The van der Waals surface area contributed by atoms with E-state index in [1.54, 1.807) is 0 Å². The standard InChI is InChI=1S/C15H28NOSi/c1-16(2,3)12-7-13-17-14-8-10-15(11-9-14)18(4,5)6/h8-11H,7,12-13H2,1-6H3/q+1. The Morgan fingerprint density at radius 1 is 1.00 bits per heavy atom. The number of benzene rings is 1. The normalized spacial score (nSPS) is 12.6. The van der Waals surface area contributed by atoms with Gasteiger partial charge in [-0.25, -0.2) is 0 Å². The maximum absolute atomic E-state index is 5.77. The van der Waals surface area contributed by atoms with E-state index in [2.05, 4.69) is 65.0 Å². The highest BCUT2D eigenvalue weighted by Gasteiger charge is 2.15. The summed E-state index contributed by atoms with van der Waals surface area (Å²) in [6.45, 7) is 9.05. The third-order valence-electron chi connectivity index (χ3n) is 2.96. The quantitative estimate of drug-likeness (QED) is 0.437. The number of quaternary nitrogens is 1. The molecule has 0 fully saturated rings. The summed E-state index contributed by atoms with van der Waals surface area (Å²) < 4.78 is 6.77. The van der Waals surface area contributed by atoms with Crippen molar-refractivity contribution in [2.75, 3.05) is 34.3 Å². The number of rotatable bonds is 6. The summed E-state index contributed by atoms with van der Waals surface area (Å²) in [6, 6.07) is 8.67. The Hall–Kier alpha value is -0.803. The first kappa shape index (κ1) is 15.3. The van der Waals surface area contributed by atoms with Crippen LogP contribution >= 0.6 is 0 Å². The zero-order valence-corrected chi connectivity index (χ0v) is 13.8. The molecule has 0 atom stereocenters. The second kappa shape index (κ2) is 5.89. The Morgan fingerprint density at radius 2 is 1.56 bits per heavy atom. The van der Waals surface area contributed by atoms with Gasteiger partial charge in [0.25, 0.3) is 0 Å². The second-order valence-electron chi connectivity index (χ2n) is 6.99. The van der Waals surface area contributed by atoms with E-state index in [0.29, 0.717) is 0 Å². The maximum atomic E-state index is 5.77. The van der Waals surface area contributed by atoms with Crippen LogP contribution in [-0.2, 0) is 0 Å². The zero-order valence-electron chi connectivity index (χ0n) is 12.8. The van der Waals surface area contributed by atoms with Crippen LogP contribution in [-0.4, -0.2) is 46.9 Å². The SMILES string of the molecule is C[N+](C)(C)CCCOc1ccc([Si](C)(C)C)cc1. The molecule has 3 heteroatoms. The van der Waals surface area contributed by atoms with Crippen LogP contribution in [0, 0.1) is 0 Å². The van der Waals surface area contributed by atoms with Crippen LogP contribution in [0.5, 0.6) is 5.75 Å². The molecule has 2 nitrogen and oxygen atoms in total. The van der Waals surface area contributed by atoms with Gasteiger partial charge in [0.05, 0.1) is 42.4 Å². The Bertz CT molecular complexity index is 360. The fourth-order valence-corrected chi connectivity index (χ4v) is 2.95. The molecular formula is C15H28NOSi+. The Balaban J connectivity index is 2.41. The molecule has 0 saturated carbocycles. The molecule has 1 aromatic carbocycles. The molecule has 18 heavy (non-hydrogen) atoms. The lowest BCUT2D eigenvalue weighted by Gasteiger charge is -2.23. The van der Waals surface area contributed by atoms with Crippen molar-refractivity contribution in [2.45, 2.75) is 26.1 Å². The van der Waals surface area contributed by atoms with Crippen LogP contribution in [0.2, 0.25) is 19.6 Å². The smallest absolute Gasteiger partial charge is 0.119 e. The Kier molecular flexibility index (Phi) is 4.99. The van der Waals surface area contributed by atoms with Crippen LogP contribution < -0.4 is 9.92 Å². The molecule has 1 aromatic rings. The minimum Gasteiger partial charge on any atom is -0.493 e. The lowest BCUT2D eigenvalue weighted by Crippen LogP contribution is -2.37. The summed E-state index contributed by atoms with van der Waals surface area (Å²) in [4.78, 5) is 0. The number of nitrogens with zero attached hydrogens (tertiary/aromatic N) is 1. The first-order valence-corrected chi connectivity index (χ1v) is 10.2. The van der Waals surface area contributed by atoms with Crippen LogP contribution in [0.1, 0.15) is 6.42 Å². The maximum Gasteiger partial charge on any atom is 0.119 e. The molecule has 0 N–H and O–H groups in total. The molecule has 0 unspecified atom stereocenters. The minimum absolute atomic E-state index is 0.807. The summed E-state index contributed by atoms with van der Waals surface area (Å²) >= 11 is 0.